The number of amides is 1. The van der Waals surface area contributed by atoms with Crippen LogP contribution in [0.5, 0.6) is 5.75 Å². The molecule has 0 radical (unpaired) electrons. The zero-order valence-electron chi connectivity index (χ0n) is 17.9. The van der Waals surface area contributed by atoms with Gasteiger partial charge in [0.1, 0.15) is 10.6 Å². The van der Waals surface area contributed by atoms with Gasteiger partial charge in [-0.15, -0.1) is 0 Å². The van der Waals surface area contributed by atoms with Crippen molar-refractivity contribution in [3.05, 3.63) is 47.5 Å². The van der Waals surface area contributed by atoms with E-state index in [1.807, 2.05) is 40.7 Å². The van der Waals surface area contributed by atoms with Crippen LogP contribution in [-0.4, -0.2) is 20.9 Å². The molecule has 0 heterocycles. The first-order valence-corrected chi connectivity index (χ1v) is 11.2. The fourth-order valence-corrected chi connectivity index (χ4v) is 3.83. The van der Waals surface area contributed by atoms with E-state index in [0.717, 1.165) is 11.1 Å². The summed E-state index contributed by atoms with van der Waals surface area (Å²) in [4.78, 5) is 12.3. The number of sulfonamides is 1. The van der Waals surface area contributed by atoms with E-state index in [9.17, 15) is 13.2 Å². The standard InChI is InChI=1S/C22H30N2O4S/c1-7-28-20-13-18(23-22(25)17(6)14(2)3)10-11-21(20)29(26,27)24-19-9-8-15(4)16(5)12-19/h8-14,17,24H,7H2,1-6H3,(H,23,25)/t17-/m0/s1. The molecule has 0 aromatic heterocycles. The zero-order chi connectivity index (χ0) is 21.8. The lowest BCUT2D eigenvalue weighted by molar-refractivity contribution is -0.120. The first-order chi connectivity index (χ1) is 13.5. The maximum Gasteiger partial charge on any atom is 0.265 e. The van der Waals surface area contributed by atoms with E-state index < -0.39 is 10.0 Å². The molecule has 0 aliphatic rings. The van der Waals surface area contributed by atoms with Crippen molar-refractivity contribution in [1.29, 1.82) is 0 Å². The van der Waals surface area contributed by atoms with Gasteiger partial charge >= 0.3 is 0 Å². The fraction of sp³-hybridized carbons (Fsp3) is 0.409. The molecule has 2 N–H and O–H groups in total. The third-order valence-corrected chi connectivity index (χ3v) is 6.39. The van der Waals surface area contributed by atoms with Gasteiger partial charge < -0.3 is 10.1 Å². The molecule has 1 amide bonds. The molecule has 0 fully saturated rings. The lowest BCUT2D eigenvalue weighted by Crippen LogP contribution is -2.24. The highest BCUT2D eigenvalue weighted by Crippen LogP contribution is 2.30. The molecule has 2 aromatic carbocycles. The highest BCUT2D eigenvalue weighted by molar-refractivity contribution is 7.92. The molecular formula is C22H30N2O4S. The number of hydrogen-bond acceptors (Lipinski definition) is 4. The van der Waals surface area contributed by atoms with Crippen LogP contribution in [0.4, 0.5) is 11.4 Å². The maximum absolute atomic E-state index is 12.9. The van der Waals surface area contributed by atoms with Gasteiger partial charge in [0.2, 0.25) is 5.91 Å². The number of aryl methyl sites for hydroxylation is 2. The Bertz CT molecular complexity index is 984. The van der Waals surface area contributed by atoms with Gasteiger partial charge in [-0.05, 0) is 62.1 Å². The molecule has 0 aliphatic carbocycles. The Morgan fingerprint density at radius 3 is 2.24 bits per heavy atom. The fourth-order valence-electron chi connectivity index (χ4n) is 2.65. The predicted octanol–water partition coefficient (Wildman–Crippen LogP) is 4.73. The number of ether oxygens (including phenoxy) is 1. The monoisotopic (exact) mass is 418 g/mol. The Morgan fingerprint density at radius 2 is 1.66 bits per heavy atom. The van der Waals surface area contributed by atoms with Crippen LogP contribution in [0.15, 0.2) is 41.3 Å². The second kappa shape index (κ2) is 9.31. The van der Waals surface area contributed by atoms with Crippen molar-refractivity contribution in [2.45, 2.75) is 46.4 Å². The lowest BCUT2D eigenvalue weighted by atomic mass is 9.97. The van der Waals surface area contributed by atoms with E-state index in [0.29, 0.717) is 18.0 Å². The Balaban J connectivity index is 2.33. The van der Waals surface area contributed by atoms with E-state index in [4.69, 9.17) is 4.74 Å². The smallest absolute Gasteiger partial charge is 0.265 e. The highest BCUT2D eigenvalue weighted by atomic mass is 32.2. The normalized spacial score (nSPS) is 12.5. The average molecular weight is 419 g/mol. The van der Waals surface area contributed by atoms with Gasteiger partial charge in [-0.1, -0.05) is 26.8 Å². The van der Waals surface area contributed by atoms with Crippen molar-refractivity contribution in [3.63, 3.8) is 0 Å². The molecule has 0 unspecified atom stereocenters. The van der Waals surface area contributed by atoms with Crippen LogP contribution in [0.2, 0.25) is 0 Å². The van der Waals surface area contributed by atoms with Crippen molar-refractivity contribution >= 4 is 27.3 Å². The summed E-state index contributed by atoms with van der Waals surface area (Å²) in [6, 6.07) is 9.94. The summed E-state index contributed by atoms with van der Waals surface area (Å²) < 4.78 is 34.1. The van der Waals surface area contributed by atoms with Crippen LogP contribution in [0.25, 0.3) is 0 Å². The van der Waals surface area contributed by atoms with Gasteiger partial charge in [0, 0.05) is 23.4 Å². The summed E-state index contributed by atoms with van der Waals surface area (Å²) >= 11 is 0. The summed E-state index contributed by atoms with van der Waals surface area (Å²) in [5, 5.41) is 2.83. The van der Waals surface area contributed by atoms with Crippen molar-refractivity contribution in [2.75, 3.05) is 16.6 Å². The molecule has 6 nitrogen and oxygen atoms in total. The highest BCUT2D eigenvalue weighted by Gasteiger charge is 2.22. The Hall–Kier alpha value is -2.54. The molecule has 0 aliphatic heterocycles. The van der Waals surface area contributed by atoms with E-state index in [1.54, 1.807) is 31.2 Å². The number of hydrogen-bond donors (Lipinski definition) is 2. The van der Waals surface area contributed by atoms with Crippen LogP contribution in [0, 0.1) is 25.7 Å². The Morgan fingerprint density at radius 1 is 1.00 bits per heavy atom. The summed E-state index contributed by atoms with van der Waals surface area (Å²) in [6.07, 6.45) is 0. The van der Waals surface area contributed by atoms with Crippen LogP contribution in [0.3, 0.4) is 0 Å². The van der Waals surface area contributed by atoms with Crippen LogP contribution >= 0.6 is 0 Å². The summed E-state index contributed by atoms with van der Waals surface area (Å²) in [7, 11) is -3.86. The van der Waals surface area contributed by atoms with E-state index in [-0.39, 0.29) is 28.4 Å². The van der Waals surface area contributed by atoms with Crippen molar-refractivity contribution in [3.8, 4) is 5.75 Å². The SMILES string of the molecule is CCOc1cc(NC(=O)[C@@H](C)C(C)C)ccc1S(=O)(=O)Nc1ccc(C)c(C)c1. The van der Waals surface area contributed by atoms with Crippen LogP contribution in [-0.2, 0) is 14.8 Å². The second-order valence-electron chi connectivity index (χ2n) is 7.52. The largest absolute Gasteiger partial charge is 0.492 e. The quantitative estimate of drug-likeness (QED) is 0.649. The average Bonchev–Trinajstić information content (AvgIpc) is 2.64. The molecule has 2 rings (SSSR count). The molecule has 0 bridgehead atoms. The third-order valence-electron chi connectivity index (χ3n) is 4.97. The van der Waals surface area contributed by atoms with Gasteiger partial charge in [0.25, 0.3) is 10.0 Å². The van der Waals surface area contributed by atoms with Gasteiger partial charge in [-0.2, -0.15) is 0 Å². The first kappa shape index (κ1) is 22.7. The zero-order valence-corrected chi connectivity index (χ0v) is 18.7. The predicted molar refractivity (Wildman–Crippen MR) is 117 cm³/mol. The van der Waals surface area contributed by atoms with Crippen molar-refractivity contribution in [2.24, 2.45) is 11.8 Å². The van der Waals surface area contributed by atoms with Crippen LogP contribution < -0.4 is 14.8 Å². The Kier molecular flexibility index (Phi) is 7.30. The number of carbonyl (C=O) groups is 1. The lowest BCUT2D eigenvalue weighted by Gasteiger charge is -2.17. The number of anilines is 2. The summed E-state index contributed by atoms with van der Waals surface area (Å²) in [5.41, 5.74) is 3.06. The number of carbonyl (C=O) groups excluding carboxylic acids is 1. The molecule has 2 aromatic rings. The maximum atomic E-state index is 12.9. The molecule has 0 saturated heterocycles. The van der Waals surface area contributed by atoms with E-state index in [1.165, 1.54) is 6.07 Å². The second-order valence-corrected chi connectivity index (χ2v) is 9.17. The van der Waals surface area contributed by atoms with Crippen molar-refractivity contribution < 1.29 is 17.9 Å². The number of rotatable bonds is 8. The molecule has 1 atom stereocenters. The van der Waals surface area contributed by atoms with Gasteiger partial charge in [-0.25, -0.2) is 8.42 Å². The first-order valence-electron chi connectivity index (χ1n) is 9.73. The van der Waals surface area contributed by atoms with Gasteiger partial charge in [0.15, 0.2) is 0 Å². The summed E-state index contributed by atoms with van der Waals surface area (Å²) in [5.74, 6) is 0.105. The Labute approximate surface area is 173 Å². The van der Waals surface area contributed by atoms with E-state index in [2.05, 4.69) is 10.0 Å². The molecule has 0 saturated carbocycles. The topological polar surface area (TPSA) is 84.5 Å². The summed E-state index contributed by atoms with van der Waals surface area (Å²) in [6.45, 7) is 11.8. The minimum Gasteiger partial charge on any atom is -0.492 e. The van der Waals surface area contributed by atoms with Crippen molar-refractivity contribution in [1.82, 2.24) is 0 Å². The number of nitrogens with one attached hydrogen (secondary N) is 2. The third kappa shape index (κ3) is 5.73. The van der Waals surface area contributed by atoms with Gasteiger partial charge in [-0.3, -0.25) is 9.52 Å². The molecule has 0 spiro atoms. The molecule has 7 heteroatoms. The minimum absolute atomic E-state index is 0.0208. The molecule has 158 valence electrons. The number of benzene rings is 2. The minimum atomic E-state index is -3.86. The molecular weight excluding hydrogens is 388 g/mol. The van der Waals surface area contributed by atoms with E-state index >= 15 is 0 Å². The van der Waals surface area contributed by atoms with Crippen LogP contribution in [0.1, 0.15) is 38.8 Å². The van der Waals surface area contributed by atoms with Gasteiger partial charge in [0.05, 0.1) is 6.61 Å². The molecule has 29 heavy (non-hydrogen) atoms.